The van der Waals surface area contributed by atoms with Crippen LogP contribution in [0.5, 0.6) is 0 Å². The molecule has 1 rings (SSSR count). The summed E-state index contributed by atoms with van der Waals surface area (Å²) in [6.07, 6.45) is 3.97. The number of carbonyl (C=O) groups is 1. The van der Waals surface area contributed by atoms with E-state index >= 15 is 0 Å². The van der Waals surface area contributed by atoms with Gasteiger partial charge in [-0.2, -0.15) is 0 Å². The summed E-state index contributed by atoms with van der Waals surface area (Å²) >= 11 is 0. The van der Waals surface area contributed by atoms with Gasteiger partial charge in [0.25, 0.3) is 5.85 Å². The van der Waals surface area contributed by atoms with E-state index in [1.807, 2.05) is 20.8 Å². The van der Waals surface area contributed by atoms with Crippen LogP contribution < -0.4 is 0 Å². The van der Waals surface area contributed by atoms with E-state index < -0.39 is 13.8 Å². The van der Waals surface area contributed by atoms with Crippen molar-refractivity contribution in [3.8, 4) is 0 Å². The third-order valence-corrected chi connectivity index (χ3v) is 4.82. The number of aliphatic carboxylic acids is 1. The molecule has 0 amide bonds. The fraction of sp³-hybridized carbons (Fsp3) is 0.769. The van der Waals surface area contributed by atoms with Gasteiger partial charge >= 0.3 is 13.8 Å². The first-order valence-electron chi connectivity index (χ1n) is 6.45. The van der Waals surface area contributed by atoms with Crippen molar-refractivity contribution in [1.29, 1.82) is 0 Å². The SMILES string of the molecule is CCOC(C(C)C)[P+](=O)C/C(=C/C1CC1)C(=O)O. The zero-order chi connectivity index (χ0) is 13.7. The maximum absolute atomic E-state index is 12.2. The minimum atomic E-state index is -1.69. The molecular formula is C13H22O4P+. The van der Waals surface area contributed by atoms with Crippen LogP contribution in [0.15, 0.2) is 11.6 Å². The summed E-state index contributed by atoms with van der Waals surface area (Å²) in [5.74, 6) is -0.801. The minimum absolute atomic E-state index is 0.115. The zero-order valence-corrected chi connectivity index (χ0v) is 12.2. The molecule has 102 valence electrons. The Hall–Kier alpha value is -0.730. The summed E-state index contributed by atoms with van der Waals surface area (Å²) in [4.78, 5) is 11.1. The highest BCUT2D eigenvalue weighted by Crippen LogP contribution is 2.38. The molecule has 1 fully saturated rings. The molecule has 18 heavy (non-hydrogen) atoms. The molecule has 5 heteroatoms. The monoisotopic (exact) mass is 273 g/mol. The van der Waals surface area contributed by atoms with Crippen LogP contribution in [0.2, 0.25) is 0 Å². The highest BCUT2D eigenvalue weighted by Gasteiger charge is 2.36. The summed E-state index contributed by atoms with van der Waals surface area (Å²) in [5.41, 5.74) is 0.281. The third kappa shape index (κ3) is 4.87. The van der Waals surface area contributed by atoms with Crippen LogP contribution in [0.1, 0.15) is 33.6 Å². The number of ether oxygens (including phenoxy) is 1. The maximum Gasteiger partial charge on any atom is 0.375 e. The van der Waals surface area contributed by atoms with Crippen LogP contribution in [0, 0.1) is 11.8 Å². The summed E-state index contributed by atoms with van der Waals surface area (Å²) < 4.78 is 17.7. The largest absolute Gasteiger partial charge is 0.478 e. The van der Waals surface area contributed by atoms with Gasteiger partial charge in [-0.1, -0.05) is 24.5 Å². The quantitative estimate of drug-likeness (QED) is 0.544. The Morgan fingerprint density at radius 3 is 2.50 bits per heavy atom. The van der Waals surface area contributed by atoms with Gasteiger partial charge in [-0.05, 0) is 25.7 Å². The maximum atomic E-state index is 12.2. The second-order valence-corrected chi connectivity index (χ2v) is 6.66. The first-order valence-corrected chi connectivity index (χ1v) is 7.96. The van der Waals surface area contributed by atoms with E-state index in [-0.39, 0.29) is 23.5 Å². The molecule has 0 aliphatic heterocycles. The minimum Gasteiger partial charge on any atom is -0.478 e. The van der Waals surface area contributed by atoms with Gasteiger partial charge in [0, 0.05) is 12.5 Å². The molecule has 1 saturated carbocycles. The predicted molar refractivity (Wildman–Crippen MR) is 71.2 cm³/mol. The van der Waals surface area contributed by atoms with Crippen molar-refractivity contribution in [1.82, 2.24) is 0 Å². The molecule has 0 aromatic carbocycles. The first kappa shape index (κ1) is 15.3. The van der Waals surface area contributed by atoms with E-state index in [9.17, 15) is 9.36 Å². The standard InChI is InChI=1S/C13H21O4P/c1-4-17-13(9(2)3)18(16)8-11(12(14)15)7-10-5-6-10/h7,9-10,13H,4-6,8H2,1-3H3/p+1/b11-7-. The van der Waals surface area contributed by atoms with Crippen molar-refractivity contribution in [3.05, 3.63) is 11.6 Å². The van der Waals surface area contributed by atoms with Gasteiger partial charge in [-0.15, -0.1) is 0 Å². The fourth-order valence-electron chi connectivity index (χ4n) is 1.78. The molecule has 0 radical (unpaired) electrons. The number of hydrogen-bond acceptors (Lipinski definition) is 3. The van der Waals surface area contributed by atoms with Crippen molar-refractivity contribution < 1.29 is 19.2 Å². The van der Waals surface area contributed by atoms with Crippen molar-refractivity contribution >= 4 is 13.8 Å². The van der Waals surface area contributed by atoms with Crippen LogP contribution in [0.3, 0.4) is 0 Å². The number of hydrogen-bond donors (Lipinski definition) is 1. The van der Waals surface area contributed by atoms with Crippen LogP contribution >= 0.6 is 7.80 Å². The van der Waals surface area contributed by atoms with E-state index in [2.05, 4.69) is 0 Å². The Morgan fingerprint density at radius 2 is 2.11 bits per heavy atom. The Balaban J connectivity index is 2.67. The molecular weight excluding hydrogens is 251 g/mol. The summed E-state index contributed by atoms with van der Waals surface area (Å²) in [7, 11) is -1.69. The highest BCUT2D eigenvalue weighted by atomic mass is 31.1. The lowest BCUT2D eigenvalue weighted by Crippen LogP contribution is -2.18. The van der Waals surface area contributed by atoms with E-state index in [4.69, 9.17) is 9.84 Å². The second kappa shape index (κ2) is 7.01. The second-order valence-electron chi connectivity index (χ2n) is 5.00. The van der Waals surface area contributed by atoms with Gasteiger partial charge in [-0.25, -0.2) is 4.79 Å². The van der Waals surface area contributed by atoms with E-state index in [1.54, 1.807) is 6.08 Å². The van der Waals surface area contributed by atoms with Crippen molar-refractivity contribution in [3.63, 3.8) is 0 Å². The van der Waals surface area contributed by atoms with Crippen molar-refractivity contribution in [2.45, 2.75) is 39.5 Å². The van der Waals surface area contributed by atoms with Crippen molar-refractivity contribution in [2.75, 3.05) is 12.8 Å². The van der Waals surface area contributed by atoms with Gasteiger partial charge in [0.2, 0.25) is 0 Å². The highest BCUT2D eigenvalue weighted by molar-refractivity contribution is 7.45. The van der Waals surface area contributed by atoms with Gasteiger partial charge in [0.1, 0.15) is 0 Å². The normalized spacial score (nSPS) is 18.9. The number of carboxylic acids is 1. The Kier molecular flexibility index (Phi) is 5.97. The molecule has 0 spiro atoms. The molecule has 0 aromatic rings. The topological polar surface area (TPSA) is 63.6 Å². The third-order valence-electron chi connectivity index (χ3n) is 2.85. The number of carboxylic acid groups (broad SMARTS) is 1. The smallest absolute Gasteiger partial charge is 0.375 e. The Bertz CT molecular complexity index is 345. The van der Waals surface area contributed by atoms with E-state index in [0.717, 1.165) is 12.8 Å². The first-order chi connectivity index (χ1) is 8.45. The molecule has 4 nitrogen and oxygen atoms in total. The fourth-order valence-corrected chi connectivity index (χ4v) is 3.51. The molecule has 0 heterocycles. The predicted octanol–water partition coefficient (Wildman–Crippen LogP) is 3.25. The van der Waals surface area contributed by atoms with E-state index in [0.29, 0.717) is 12.5 Å². The average Bonchev–Trinajstić information content (AvgIpc) is 3.07. The Morgan fingerprint density at radius 1 is 1.50 bits per heavy atom. The lowest BCUT2D eigenvalue weighted by atomic mass is 10.2. The van der Waals surface area contributed by atoms with Crippen molar-refractivity contribution in [2.24, 2.45) is 11.8 Å². The molecule has 1 aliphatic rings. The molecule has 2 atom stereocenters. The zero-order valence-electron chi connectivity index (χ0n) is 11.3. The molecule has 2 unspecified atom stereocenters. The molecule has 0 bridgehead atoms. The molecule has 0 saturated heterocycles. The van der Waals surface area contributed by atoms with Gasteiger partial charge < -0.3 is 9.84 Å². The van der Waals surface area contributed by atoms with Gasteiger partial charge in [0.05, 0.1) is 5.57 Å². The van der Waals surface area contributed by atoms with Gasteiger partial charge in [0.15, 0.2) is 6.16 Å². The van der Waals surface area contributed by atoms with Crippen LogP contribution in [0.25, 0.3) is 0 Å². The molecule has 0 aromatic heterocycles. The van der Waals surface area contributed by atoms with Crippen LogP contribution in [-0.4, -0.2) is 29.7 Å². The van der Waals surface area contributed by atoms with Crippen LogP contribution in [0.4, 0.5) is 0 Å². The van der Waals surface area contributed by atoms with Gasteiger partial charge in [-0.3, -0.25) is 0 Å². The average molecular weight is 273 g/mol. The number of allylic oxidation sites excluding steroid dienone is 1. The van der Waals surface area contributed by atoms with E-state index in [1.165, 1.54) is 0 Å². The summed E-state index contributed by atoms with van der Waals surface area (Å²) in [6.45, 7) is 6.24. The van der Waals surface area contributed by atoms with Crippen LogP contribution in [-0.2, 0) is 14.1 Å². The summed E-state index contributed by atoms with van der Waals surface area (Å²) in [6, 6.07) is 0. The Labute approximate surface area is 109 Å². The molecule has 1 aliphatic carbocycles. The molecule has 1 N–H and O–H groups in total. The lowest BCUT2D eigenvalue weighted by molar-refractivity contribution is -0.132. The number of rotatable bonds is 8. The lowest BCUT2D eigenvalue weighted by Gasteiger charge is -2.11. The summed E-state index contributed by atoms with van der Waals surface area (Å²) in [5, 5.41) is 9.11.